The van der Waals surface area contributed by atoms with Crippen LogP contribution in [0.2, 0.25) is 18.1 Å². The van der Waals surface area contributed by atoms with E-state index < -0.39 is 8.32 Å². The first-order valence-corrected chi connectivity index (χ1v) is 14.5. The molecule has 0 aromatic carbocycles. The second kappa shape index (κ2) is 19.1. The standard InChI is InChI=1S/C20H43BrO7Si/c1-20(2,3)29(4,5)28-19-18-27-17-16-26-15-14-25-13-12-24-11-10-23-9-8-22-7-6-21/h6-19H2,1-5H3. The molecule has 9 heteroatoms. The monoisotopic (exact) mass is 502 g/mol. The minimum absolute atomic E-state index is 0.233. The third kappa shape index (κ3) is 18.9. The van der Waals surface area contributed by atoms with Gasteiger partial charge in [-0.05, 0) is 18.1 Å². The summed E-state index contributed by atoms with van der Waals surface area (Å²) in [4.78, 5) is 0. The lowest BCUT2D eigenvalue weighted by Crippen LogP contribution is -2.41. The Hall–Kier alpha value is 0.417. The van der Waals surface area contributed by atoms with Crippen molar-refractivity contribution in [3.05, 3.63) is 0 Å². The van der Waals surface area contributed by atoms with E-state index in [9.17, 15) is 0 Å². The molecule has 0 aliphatic carbocycles. The molecule has 0 aliphatic rings. The van der Waals surface area contributed by atoms with Crippen molar-refractivity contribution in [2.45, 2.75) is 38.9 Å². The highest BCUT2D eigenvalue weighted by molar-refractivity contribution is 9.09. The van der Waals surface area contributed by atoms with Crippen LogP contribution >= 0.6 is 15.9 Å². The van der Waals surface area contributed by atoms with Crippen molar-refractivity contribution in [3.63, 3.8) is 0 Å². The quantitative estimate of drug-likeness (QED) is 0.135. The first-order valence-electron chi connectivity index (χ1n) is 10.5. The topological polar surface area (TPSA) is 64.6 Å². The molecule has 0 atom stereocenters. The SMILES string of the molecule is CC(C)(C)[Si](C)(C)OCCOCCOCCOCCOCCOCCOCCBr. The van der Waals surface area contributed by atoms with Gasteiger partial charge in [0.15, 0.2) is 8.32 Å². The zero-order chi connectivity index (χ0) is 21.8. The van der Waals surface area contributed by atoms with Crippen LogP contribution < -0.4 is 0 Å². The Morgan fingerprint density at radius 2 is 0.793 bits per heavy atom. The van der Waals surface area contributed by atoms with Gasteiger partial charge in [0.05, 0.1) is 85.9 Å². The fourth-order valence-electron chi connectivity index (χ4n) is 1.83. The Morgan fingerprint density at radius 3 is 1.07 bits per heavy atom. The average Bonchev–Trinajstić information content (AvgIpc) is 2.65. The van der Waals surface area contributed by atoms with Crippen LogP contribution in [0.15, 0.2) is 0 Å². The summed E-state index contributed by atoms with van der Waals surface area (Å²) in [5, 5.41) is 1.08. The number of hydrogen-bond acceptors (Lipinski definition) is 7. The molecule has 0 spiro atoms. The van der Waals surface area contributed by atoms with Gasteiger partial charge in [0.2, 0.25) is 0 Å². The van der Waals surface area contributed by atoms with E-state index in [4.69, 9.17) is 32.8 Å². The molecule has 29 heavy (non-hydrogen) atoms. The predicted molar refractivity (Wildman–Crippen MR) is 122 cm³/mol. The van der Waals surface area contributed by atoms with E-state index in [0.29, 0.717) is 85.9 Å². The molecular weight excluding hydrogens is 460 g/mol. The van der Waals surface area contributed by atoms with Gasteiger partial charge in [-0.25, -0.2) is 0 Å². The Bertz CT molecular complexity index is 354. The minimum Gasteiger partial charge on any atom is -0.414 e. The molecule has 0 radical (unpaired) electrons. The molecule has 0 saturated heterocycles. The van der Waals surface area contributed by atoms with Gasteiger partial charge in [0.1, 0.15) is 0 Å². The second-order valence-electron chi connectivity index (χ2n) is 7.97. The molecule has 0 aliphatic heterocycles. The van der Waals surface area contributed by atoms with Crippen molar-refractivity contribution in [1.82, 2.24) is 0 Å². The van der Waals surface area contributed by atoms with Crippen molar-refractivity contribution >= 4 is 24.2 Å². The van der Waals surface area contributed by atoms with Gasteiger partial charge in [-0.3, -0.25) is 0 Å². The molecule has 0 N–H and O–H groups in total. The van der Waals surface area contributed by atoms with Crippen LogP contribution in [0.3, 0.4) is 0 Å². The minimum atomic E-state index is -1.67. The maximum atomic E-state index is 6.05. The summed E-state index contributed by atoms with van der Waals surface area (Å²) in [6, 6.07) is 0. The molecule has 0 bridgehead atoms. The first-order chi connectivity index (χ1) is 13.8. The van der Waals surface area contributed by atoms with Crippen LogP contribution in [-0.2, 0) is 32.8 Å². The predicted octanol–water partition coefficient (Wildman–Crippen LogP) is 3.50. The summed E-state index contributed by atoms with van der Waals surface area (Å²) in [6.07, 6.45) is 0. The molecule has 0 fully saturated rings. The molecule has 0 aromatic heterocycles. The molecule has 0 rings (SSSR count). The summed E-state index contributed by atoms with van der Waals surface area (Å²) in [6.45, 7) is 18.9. The van der Waals surface area contributed by atoms with E-state index in [-0.39, 0.29) is 5.04 Å². The zero-order valence-corrected chi connectivity index (χ0v) is 21.7. The van der Waals surface area contributed by atoms with Crippen LogP contribution in [0.1, 0.15) is 20.8 Å². The third-order valence-corrected chi connectivity index (χ3v) is 9.44. The van der Waals surface area contributed by atoms with E-state index in [1.165, 1.54) is 0 Å². The Labute approximate surface area is 187 Å². The lowest BCUT2D eigenvalue weighted by molar-refractivity contribution is -0.0174. The van der Waals surface area contributed by atoms with Crippen molar-refractivity contribution in [2.24, 2.45) is 0 Å². The van der Waals surface area contributed by atoms with Crippen LogP contribution in [0.5, 0.6) is 0 Å². The third-order valence-electron chi connectivity index (χ3n) is 4.58. The summed E-state index contributed by atoms with van der Waals surface area (Å²) in [7, 11) is -1.67. The van der Waals surface area contributed by atoms with E-state index >= 15 is 0 Å². The highest BCUT2D eigenvalue weighted by atomic mass is 79.9. The van der Waals surface area contributed by atoms with Crippen LogP contribution in [0, 0.1) is 0 Å². The normalized spacial score (nSPS) is 12.6. The summed E-state index contributed by atoms with van der Waals surface area (Å²) >= 11 is 3.30. The molecular formula is C20H43BrO7Si. The largest absolute Gasteiger partial charge is 0.414 e. The summed E-state index contributed by atoms with van der Waals surface area (Å²) < 4.78 is 38.6. The van der Waals surface area contributed by atoms with Crippen molar-refractivity contribution in [2.75, 3.05) is 91.2 Å². The van der Waals surface area contributed by atoms with Gasteiger partial charge in [-0.1, -0.05) is 36.7 Å². The van der Waals surface area contributed by atoms with E-state index in [1.807, 2.05) is 0 Å². The van der Waals surface area contributed by atoms with Gasteiger partial charge in [-0.15, -0.1) is 0 Å². The molecule has 0 heterocycles. The number of rotatable bonds is 21. The van der Waals surface area contributed by atoms with Crippen molar-refractivity contribution in [1.29, 1.82) is 0 Å². The van der Waals surface area contributed by atoms with Gasteiger partial charge in [-0.2, -0.15) is 0 Å². The number of hydrogen-bond donors (Lipinski definition) is 0. The van der Waals surface area contributed by atoms with Crippen LogP contribution in [-0.4, -0.2) is 99.5 Å². The van der Waals surface area contributed by atoms with Crippen molar-refractivity contribution < 1.29 is 32.8 Å². The maximum Gasteiger partial charge on any atom is 0.192 e. The summed E-state index contributed by atoms with van der Waals surface area (Å²) in [5.41, 5.74) is 0. The van der Waals surface area contributed by atoms with E-state index in [1.54, 1.807) is 0 Å². The van der Waals surface area contributed by atoms with E-state index in [0.717, 1.165) is 5.33 Å². The van der Waals surface area contributed by atoms with Gasteiger partial charge >= 0.3 is 0 Å². The maximum absolute atomic E-state index is 6.05. The van der Waals surface area contributed by atoms with E-state index in [2.05, 4.69) is 49.8 Å². The molecule has 0 amide bonds. The lowest BCUT2D eigenvalue weighted by Gasteiger charge is -2.36. The number of halogens is 1. The number of ether oxygens (including phenoxy) is 6. The fourth-order valence-corrected chi connectivity index (χ4v) is 3.08. The molecule has 7 nitrogen and oxygen atoms in total. The molecule has 0 saturated carbocycles. The van der Waals surface area contributed by atoms with Crippen LogP contribution in [0.25, 0.3) is 0 Å². The average molecular weight is 504 g/mol. The van der Waals surface area contributed by atoms with Gasteiger partial charge < -0.3 is 32.8 Å². The number of alkyl halides is 1. The Kier molecular flexibility index (Phi) is 19.4. The van der Waals surface area contributed by atoms with Crippen molar-refractivity contribution in [3.8, 4) is 0 Å². The molecule has 0 aromatic rings. The summed E-state index contributed by atoms with van der Waals surface area (Å²) in [5.74, 6) is 0. The lowest BCUT2D eigenvalue weighted by atomic mass is 10.2. The molecule has 176 valence electrons. The zero-order valence-electron chi connectivity index (χ0n) is 19.1. The first kappa shape index (κ1) is 29.4. The smallest absolute Gasteiger partial charge is 0.192 e. The van der Waals surface area contributed by atoms with Gasteiger partial charge in [0, 0.05) is 5.33 Å². The fraction of sp³-hybridized carbons (Fsp3) is 1.00. The Balaban J connectivity index is 3.17. The van der Waals surface area contributed by atoms with Gasteiger partial charge in [0.25, 0.3) is 0 Å². The van der Waals surface area contributed by atoms with Crippen LogP contribution in [0.4, 0.5) is 0 Å². The molecule has 0 unspecified atom stereocenters. The Morgan fingerprint density at radius 1 is 0.517 bits per heavy atom. The highest BCUT2D eigenvalue weighted by Crippen LogP contribution is 2.36. The highest BCUT2D eigenvalue weighted by Gasteiger charge is 2.36. The second-order valence-corrected chi connectivity index (χ2v) is 13.6.